The Morgan fingerprint density at radius 1 is 1.17 bits per heavy atom. The van der Waals surface area contributed by atoms with E-state index in [2.05, 4.69) is 31.1 Å². The van der Waals surface area contributed by atoms with Crippen LogP contribution in [0.1, 0.15) is 51.2 Å². The average molecular weight is 423 g/mol. The molecule has 2 amide bonds. The number of rotatable bonds is 4. The summed E-state index contributed by atoms with van der Waals surface area (Å²) in [5.41, 5.74) is 1.21. The molecular weight excluding hydrogens is 388 g/mol. The van der Waals surface area contributed by atoms with Crippen molar-refractivity contribution in [3.05, 3.63) is 16.1 Å². The highest BCUT2D eigenvalue weighted by Gasteiger charge is 2.33. The van der Waals surface area contributed by atoms with E-state index in [-0.39, 0.29) is 23.3 Å². The predicted molar refractivity (Wildman–Crippen MR) is 114 cm³/mol. The fraction of sp³-hybridized carbons (Fsp3) is 0.762. The quantitative estimate of drug-likeness (QED) is 0.746. The summed E-state index contributed by atoms with van der Waals surface area (Å²) in [5, 5.41) is 3.33. The summed E-state index contributed by atoms with van der Waals surface area (Å²) in [6.45, 7) is 13.9. The van der Waals surface area contributed by atoms with E-state index < -0.39 is 0 Å². The van der Waals surface area contributed by atoms with Gasteiger partial charge < -0.3 is 14.5 Å². The van der Waals surface area contributed by atoms with E-state index in [1.807, 2.05) is 4.90 Å². The molecule has 0 aromatic carbocycles. The Hall–Kier alpha value is -1.67. The summed E-state index contributed by atoms with van der Waals surface area (Å²) < 4.78 is 5.10. The van der Waals surface area contributed by atoms with Gasteiger partial charge in [0.1, 0.15) is 0 Å². The topological polar surface area (TPSA) is 66.0 Å². The fourth-order valence-electron chi connectivity index (χ4n) is 3.90. The summed E-state index contributed by atoms with van der Waals surface area (Å²) in [5.74, 6) is 0.0786. The van der Waals surface area contributed by atoms with E-state index >= 15 is 0 Å². The molecule has 7 nitrogen and oxygen atoms in total. The molecule has 1 unspecified atom stereocenters. The van der Waals surface area contributed by atoms with Gasteiger partial charge in [0.15, 0.2) is 0 Å². The highest BCUT2D eigenvalue weighted by molar-refractivity contribution is 7.09. The second-order valence-electron chi connectivity index (χ2n) is 8.98. The van der Waals surface area contributed by atoms with Crippen LogP contribution in [0.25, 0.3) is 0 Å². The first-order valence-electron chi connectivity index (χ1n) is 10.7. The zero-order valence-corrected chi connectivity index (χ0v) is 19.0. The first-order valence-corrected chi connectivity index (χ1v) is 11.5. The monoisotopic (exact) mass is 422 g/mol. The summed E-state index contributed by atoms with van der Waals surface area (Å²) >= 11 is 1.73. The molecule has 0 radical (unpaired) electrons. The SMILES string of the molecule is CCOC(=O)N1CCCC(C(=O)N2CCN(Cc3csc(C(C)(C)C)n3)CC2)C1. The Labute approximate surface area is 178 Å². The van der Waals surface area contributed by atoms with Crippen LogP contribution < -0.4 is 0 Å². The number of ether oxygens (including phenoxy) is 1. The second-order valence-corrected chi connectivity index (χ2v) is 9.84. The molecule has 1 aromatic rings. The molecule has 0 aliphatic carbocycles. The molecular formula is C21H34N4O3S. The number of amides is 2. The number of carbonyl (C=O) groups is 2. The first-order chi connectivity index (χ1) is 13.8. The lowest BCUT2D eigenvalue weighted by Gasteiger charge is -2.38. The van der Waals surface area contributed by atoms with E-state index in [1.165, 1.54) is 5.01 Å². The number of nitrogens with zero attached hydrogens (tertiary/aromatic N) is 4. The van der Waals surface area contributed by atoms with Gasteiger partial charge in [-0.25, -0.2) is 9.78 Å². The van der Waals surface area contributed by atoms with Gasteiger partial charge in [0, 0.05) is 56.6 Å². The Morgan fingerprint density at radius 2 is 1.90 bits per heavy atom. The van der Waals surface area contributed by atoms with E-state index in [1.54, 1.807) is 23.2 Å². The van der Waals surface area contributed by atoms with Gasteiger partial charge in [0.05, 0.1) is 23.2 Å². The maximum absolute atomic E-state index is 13.0. The van der Waals surface area contributed by atoms with Crippen LogP contribution in [-0.4, -0.2) is 77.6 Å². The second kappa shape index (κ2) is 9.43. The highest BCUT2D eigenvalue weighted by atomic mass is 32.1. The number of hydrogen-bond acceptors (Lipinski definition) is 6. The van der Waals surface area contributed by atoms with Gasteiger partial charge in [-0.1, -0.05) is 20.8 Å². The van der Waals surface area contributed by atoms with Crippen molar-refractivity contribution in [2.75, 3.05) is 45.9 Å². The van der Waals surface area contributed by atoms with Crippen LogP contribution in [0, 0.1) is 5.92 Å². The summed E-state index contributed by atoms with van der Waals surface area (Å²) in [7, 11) is 0. The van der Waals surface area contributed by atoms with Crippen molar-refractivity contribution in [2.24, 2.45) is 5.92 Å². The Kier molecular flexibility index (Phi) is 7.16. The van der Waals surface area contributed by atoms with Crippen LogP contribution in [0.3, 0.4) is 0 Å². The summed E-state index contributed by atoms with van der Waals surface area (Å²) in [6.07, 6.45) is 1.41. The molecule has 0 N–H and O–H groups in total. The minimum atomic E-state index is -0.298. The third-order valence-corrected chi connectivity index (χ3v) is 6.88. The average Bonchev–Trinajstić information content (AvgIpc) is 3.17. The molecule has 3 rings (SSSR count). The van der Waals surface area contributed by atoms with Crippen molar-refractivity contribution < 1.29 is 14.3 Å². The molecule has 0 bridgehead atoms. The van der Waals surface area contributed by atoms with E-state index in [4.69, 9.17) is 9.72 Å². The number of piperazine rings is 1. The van der Waals surface area contributed by atoms with Crippen molar-refractivity contribution in [3.8, 4) is 0 Å². The van der Waals surface area contributed by atoms with Crippen LogP contribution >= 0.6 is 11.3 Å². The first kappa shape index (κ1) is 22.0. The molecule has 2 fully saturated rings. The number of hydrogen-bond donors (Lipinski definition) is 0. The largest absolute Gasteiger partial charge is 0.450 e. The van der Waals surface area contributed by atoms with Crippen molar-refractivity contribution >= 4 is 23.3 Å². The van der Waals surface area contributed by atoms with Gasteiger partial charge >= 0.3 is 6.09 Å². The molecule has 0 spiro atoms. The van der Waals surface area contributed by atoms with Crippen LogP contribution in [0.4, 0.5) is 4.79 Å². The summed E-state index contributed by atoms with van der Waals surface area (Å²) in [6, 6.07) is 0. The van der Waals surface area contributed by atoms with Crippen LogP contribution in [0.2, 0.25) is 0 Å². The maximum atomic E-state index is 13.0. The van der Waals surface area contributed by atoms with Crippen molar-refractivity contribution in [3.63, 3.8) is 0 Å². The standard InChI is InChI=1S/C21H34N4O3S/c1-5-28-20(27)25-8-6-7-16(13-25)18(26)24-11-9-23(10-12-24)14-17-15-29-19(22-17)21(2,3)4/h15-16H,5-14H2,1-4H3. The number of likely N-dealkylation sites (tertiary alicyclic amines) is 1. The minimum absolute atomic E-state index is 0.0888. The smallest absolute Gasteiger partial charge is 0.409 e. The van der Waals surface area contributed by atoms with Gasteiger partial charge in [0.25, 0.3) is 0 Å². The molecule has 29 heavy (non-hydrogen) atoms. The third-order valence-electron chi connectivity index (χ3n) is 5.56. The van der Waals surface area contributed by atoms with Gasteiger partial charge in [-0.15, -0.1) is 11.3 Å². The molecule has 2 aliphatic heterocycles. The van der Waals surface area contributed by atoms with Crippen LogP contribution in [0.15, 0.2) is 5.38 Å². The van der Waals surface area contributed by atoms with E-state index in [0.717, 1.165) is 51.3 Å². The lowest BCUT2D eigenvalue weighted by atomic mass is 9.96. The normalized spacial score (nSPS) is 21.3. The lowest BCUT2D eigenvalue weighted by molar-refractivity contribution is -0.138. The van der Waals surface area contributed by atoms with Crippen molar-refractivity contribution in [1.82, 2.24) is 19.7 Å². The molecule has 1 aromatic heterocycles. The molecule has 1 atom stereocenters. The van der Waals surface area contributed by atoms with Gasteiger partial charge in [-0.3, -0.25) is 9.69 Å². The molecule has 162 valence electrons. The lowest BCUT2D eigenvalue weighted by Crippen LogP contribution is -2.52. The van der Waals surface area contributed by atoms with Crippen molar-refractivity contribution in [1.29, 1.82) is 0 Å². The third kappa shape index (κ3) is 5.69. The summed E-state index contributed by atoms with van der Waals surface area (Å²) in [4.78, 5) is 35.8. The number of piperidine rings is 1. The minimum Gasteiger partial charge on any atom is -0.450 e. The number of carbonyl (C=O) groups excluding carboxylic acids is 2. The Bertz CT molecular complexity index is 707. The van der Waals surface area contributed by atoms with Crippen molar-refractivity contribution in [2.45, 2.75) is 52.5 Å². The van der Waals surface area contributed by atoms with Crippen LogP contribution in [0.5, 0.6) is 0 Å². The maximum Gasteiger partial charge on any atom is 0.409 e. The predicted octanol–water partition coefficient (Wildman–Crippen LogP) is 2.95. The van der Waals surface area contributed by atoms with Gasteiger partial charge in [0.2, 0.25) is 5.91 Å². The molecule has 3 heterocycles. The van der Waals surface area contributed by atoms with Crippen LogP contribution in [-0.2, 0) is 21.5 Å². The van der Waals surface area contributed by atoms with Gasteiger partial charge in [-0.05, 0) is 19.8 Å². The molecule has 8 heteroatoms. The molecule has 2 saturated heterocycles. The van der Waals surface area contributed by atoms with E-state index in [9.17, 15) is 9.59 Å². The number of aromatic nitrogens is 1. The Morgan fingerprint density at radius 3 is 2.52 bits per heavy atom. The fourth-order valence-corrected chi connectivity index (χ4v) is 4.80. The molecule has 2 aliphatic rings. The molecule has 0 saturated carbocycles. The highest BCUT2D eigenvalue weighted by Crippen LogP contribution is 2.26. The zero-order valence-electron chi connectivity index (χ0n) is 18.1. The van der Waals surface area contributed by atoms with E-state index in [0.29, 0.717) is 19.7 Å². The van der Waals surface area contributed by atoms with Gasteiger partial charge in [-0.2, -0.15) is 0 Å². The number of thiazole rings is 1. The zero-order chi connectivity index (χ0) is 21.0. The Balaban J connectivity index is 1.48.